The SMILES string of the molecule is Cc1ccc(C(=O)NC(CN2CCN(Cc3ccc(Cl)c(Cl)c3)C(C)C2)C(C)C)cc1. The van der Waals surface area contributed by atoms with Crippen LogP contribution in [0, 0.1) is 12.8 Å². The molecule has 0 saturated carbocycles. The molecule has 168 valence electrons. The maximum absolute atomic E-state index is 12.7. The number of benzene rings is 2. The normalized spacial score (nSPS) is 18.9. The number of aryl methyl sites for hydroxylation is 1. The Labute approximate surface area is 196 Å². The highest BCUT2D eigenvalue weighted by Gasteiger charge is 2.27. The molecule has 2 aromatic carbocycles. The highest BCUT2D eigenvalue weighted by Crippen LogP contribution is 2.24. The molecular formula is C25H33Cl2N3O. The van der Waals surface area contributed by atoms with E-state index in [-0.39, 0.29) is 11.9 Å². The summed E-state index contributed by atoms with van der Waals surface area (Å²) in [6.45, 7) is 13.3. The predicted octanol–water partition coefficient (Wildman–Crippen LogP) is 5.26. The van der Waals surface area contributed by atoms with Gasteiger partial charge in [0.2, 0.25) is 0 Å². The lowest BCUT2D eigenvalue weighted by Crippen LogP contribution is -2.55. The molecule has 0 radical (unpaired) electrons. The molecule has 0 aliphatic carbocycles. The van der Waals surface area contributed by atoms with E-state index in [1.165, 1.54) is 5.56 Å². The number of piperazine rings is 1. The minimum absolute atomic E-state index is 0.00463. The van der Waals surface area contributed by atoms with E-state index in [0.717, 1.165) is 43.9 Å². The van der Waals surface area contributed by atoms with Crippen LogP contribution in [-0.2, 0) is 6.54 Å². The van der Waals surface area contributed by atoms with Gasteiger partial charge in [-0.3, -0.25) is 14.6 Å². The number of hydrogen-bond acceptors (Lipinski definition) is 3. The zero-order chi connectivity index (χ0) is 22.5. The van der Waals surface area contributed by atoms with Crippen molar-refractivity contribution in [3.05, 3.63) is 69.2 Å². The second-order valence-electron chi connectivity index (χ2n) is 9.02. The van der Waals surface area contributed by atoms with Gasteiger partial charge in [-0.1, -0.05) is 60.8 Å². The molecule has 1 fully saturated rings. The van der Waals surface area contributed by atoms with Crippen molar-refractivity contribution >= 4 is 29.1 Å². The second-order valence-corrected chi connectivity index (χ2v) is 9.83. The molecule has 4 nitrogen and oxygen atoms in total. The molecule has 1 aliphatic rings. The molecule has 1 aliphatic heterocycles. The first-order valence-corrected chi connectivity index (χ1v) is 11.8. The Bertz CT molecular complexity index is 885. The number of carbonyl (C=O) groups excluding carboxylic acids is 1. The van der Waals surface area contributed by atoms with Gasteiger partial charge in [0.05, 0.1) is 10.0 Å². The molecule has 2 aromatic rings. The molecule has 2 atom stereocenters. The van der Waals surface area contributed by atoms with Gasteiger partial charge in [0.25, 0.3) is 5.91 Å². The Morgan fingerprint density at radius 2 is 1.81 bits per heavy atom. The summed E-state index contributed by atoms with van der Waals surface area (Å²) in [5, 5.41) is 4.45. The standard InChI is InChI=1S/C25H33Cl2N3O/c1-17(2)24(28-25(31)21-8-5-18(3)6-9-21)16-29-11-12-30(19(4)14-29)15-20-7-10-22(26)23(27)13-20/h5-10,13,17,19,24H,11-12,14-16H2,1-4H3,(H,28,31). The van der Waals surface area contributed by atoms with Gasteiger partial charge in [-0.2, -0.15) is 0 Å². The van der Waals surface area contributed by atoms with Gasteiger partial charge in [0, 0.05) is 50.4 Å². The van der Waals surface area contributed by atoms with Crippen molar-refractivity contribution in [2.45, 2.75) is 46.3 Å². The summed E-state index contributed by atoms with van der Waals surface area (Å²) in [5.74, 6) is 0.365. The summed E-state index contributed by atoms with van der Waals surface area (Å²) in [4.78, 5) is 17.7. The number of carbonyl (C=O) groups is 1. The summed E-state index contributed by atoms with van der Waals surface area (Å²) < 4.78 is 0. The Morgan fingerprint density at radius 3 is 2.42 bits per heavy atom. The summed E-state index contributed by atoms with van der Waals surface area (Å²) in [6, 6.07) is 14.1. The molecule has 1 amide bonds. The molecule has 3 rings (SSSR count). The summed E-state index contributed by atoms with van der Waals surface area (Å²) in [6.07, 6.45) is 0. The zero-order valence-electron chi connectivity index (χ0n) is 18.9. The van der Waals surface area contributed by atoms with Gasteiger partial charge in [-0.25, -0.2) is 0 Å². The highest BCUT2D eigenvalue weighted by molar-refractivity contribution is 6.42. The van der Waals surface area contributed by atoms with E-state index >= 15 is 0 Å². The van der Waals surface area contributed by atoms with Gasteiger partial charge >= 0.3 is 0 Å². The average molecular weight is 462 g/mol. The molecule has 0 bridgehead atoms. The monoisotopic (exact) mass is 461 g/mol. The van der Waals surface area contributed by atoms with Gasteiger partial charge < -0.3 is 5.32 Å². The van der Waals surface area contributed by atoms with E-state index in [1.807, 2.05) is 49.4 Å². The van der Waals surface area contributed by atoms with Crippen LogP contribution in [0.2, 0.25) is 10.0 Å². The van der Waals surface area contributed by atoms with E-state index in [0.29, 0.717) is 22.0 Å². The Hall–Kier alpha value is -1.59. The number of nitrogens with zero attached hydrogens (tertiary/aromatic N) is 2. The zero-order valence-corrected chi connectivity index (χ0v) is 20.4. The van der Waals surface area contributed by atoms with Gasteiger partial charge in [-0.05, 0) is 49.6 Å². The lowest BCUT2D eigenvalue weighted by molar-refractivity contribution is 0.0647. The molecule has 1 N–H and O–H groups in total. The fourth-order valence-electron chi connectivity index (χ4n) is 4.00. The third kappa shape index (κ3) is 6.69. The van der Waals surface area contributed by atoms with Crippen LogP contribution >= 0.6 is 23.2 Å². The highest BCUT2D eigenvalue weighted by atomic mass is 35.5. The fourth-order valence-corrected chi connectivity index (χ4v) is 4.32. The molecule has 6 heteroatoms. The first-order valence-electron chi connectivity index (χ1n) is 11.0. The summed E-state index contributed by atoms with van der Waals surface area (Å²) in [5.41, 5.74) is 3.06. The van der Waals surface area contributed by atoms with Crippen molar-refractivity contribution in [1.29, 1.82) is 0 Å². The smallest absolute Gasteiger partial charge is 0.251 e. The fraction of sp³-hybridized carbons (Fsp3) is 0.480. The number of hydrogen-bond donors (Lipinski definition) is 1. The van der Waals surface area contributed by atoms with Crippen LogP contribution in [0.1, 0.15) is 42.3 Å². The summed E-state index contributed by atoms with van der Waals surface area (Å²) in [7, 11) is 0. The van der Waals surface area contributed by atoms with Crippen LogP contribution in [0.25, 0.3) is 0 Å². The number of rotatable bonds is 7. The lowest BCUT2D eigenvalue weighted by atomic mass is 10.0. The molecule has 1 heterocycles. The van der Waals surface area contributed by atoms with Crippen LogP contribution in [-0.4, -0.2) is 54.0 Å². The molecule has 0 aromatic heterocycles. The van der Waals surface area contributed by atoms with Gasteiger partial charge in [0.1, 0.15) is 0 Å². The van der Waals surface area contributed by atoms with Crippen LogP contribution < -0.4 is 5.32 Å². The molecule has 31 heavy (non-hydrogen) atoms. The Balaban J connectivity index is 1.55. The first kappa shape index (κ1) is 24.1. The minimum atomic E-state index is 0.00463. The average Bonchev–Trinajstić information content (AvgIpc) is 2.72. The molecule has 1 saturated heterocycles. The van der Waals surface area contributed by atoms with Crippen molar-refractivity contribution in [2.75, 3.05) is 26.2 Å². The van der Waals surface area contributed by atoms with Crippen molar-refractivity contribution in [2.24, 2.45) is 5.92 Å². The maximum atomic E-state index is 12.7. The van der Waals surface area contributed by atoms with Crippen LogP contribution in [0.15, 0.2) is 42.5 Å². The van der Waals surface area contributed by atoms with Crippen molar-refractivity contribution in [1.82, 2.24) is 15.1 Å². The van der Waals surface area contributed by atoms with Crippen LogP contribution in [0.5, 0.6) is 0 Å². The van der Waals surface area contributed by atoms with Crippen molar-refractivity contribution in [3.63, 3.8) is 0 Å². The van der Waals surface area contributed by atoms with E-state index in [4.69, 9.17) is 23.2 Å². The van der Waals surface area contributed by atoms with Gasteiger partial charge in [0.15, 0.2) is 0 Å². The van der Waals surface area contributed by atoms with Gasteiger partial charge in [-0.15, -0.1) is 0 Å². The number of halogens is 2. The van der Waals surface area contributed by atoms with Crippen molar-refractivity contribution < 1.29 is 4.79 Å². The van der Waals surface area contributed by atoms with E-state index in [1.54, 1.807) is 0 Å². The Kier molecular flexibility index (Phi) is 8.40. The van der Waals surface area contributed by atoms with Crippen LogP contribution in [0.3, 0.4) is 0 Å². The first-order chi connectivity index (χ1) is 14.7. The van der Waals surface area contributed by atoms with Crippen LogP contribution in [0.4, 0.5) is 0 Å². The van der Waals surface area contributed by atoms with Crippen molar-refractivity contribution in [3.8, 4) is 0 Å². The van der Waals surface area contributed by atoms with E-state index in [9.17, 15) is 4.79 Å². The lowest BCUT2D eigenvalue weighted by Gasteiger charge is -2.41. The largest absolute Gasteiger partial charge is 0.348 e. The predicted molar refractivity (Wildman–Crippen MR) is 130 cm³/mol. The molecule has 2 unspecified atom stereocenters. The topological polar surface area (TPSA) is 35.6 Å². The second kappa shape index (κ2) is 10.8. The number of amides is 1. The Morgan fingerprint density at radius 1 is 1.10 bits per heavy atom. The summed E-state index contributed by atoms with van der Waals surface area (Å²) >= 11 is 12.2. The third-order valence-electron chi connectivity index (χ3n) is 6.11. The molecule has 0 spiro atoms. The maximum Gasteiger partial charge on any atom is 0.251 e. The minimum Gasteiger partial charge on any atom is -0.348 e. The van der Waals surface area contributed by atoms with E-state index < -0.39 is 0 Å². The quantitative estimate of drug-likeness (QED) is 0.610. The molecular weight excluding hydrogens is 429 g/mol. The third-order valence-corrected chi connectivity index (χ3v) is 6.85. The number of nitrogens with one attached hydrogen (secondary N) is 1. The van der Waals surface area contributed by atoms with E-state index in [2.05, 4.69) is 35.9 Å².